The van der Waals surface area contributed by atoms with Crippen molar-refractivity contribution >= 4 is 39.9 Å². The molecule has 4 rings (SSSR count). The highest BCUT2D eigenvalue weighted by molar-refractivity contribution is 6.34. The van der Waals surface area contributed by atoms with Gasteiger partial charge >= 0.3 is 0 Å². The summed E-state index contributed by atoms with van der Waals surface area (Å²) in [5.41, 5.74) is 2.89. The summed E-state index contributed by atoms with van der Waals surface area (Å²) in [6, 6.07) is 11.5. The molecular formula is C23H23ClFN3O. The van der Waals surface area contributed by atoms with Crippen LogP contribution in [-0.2, 0) is 0 Å². The van der Waals surface area contributed by atoms with E-state index in [4.69, 9.17) is 16.6 Å². The fourth-order valence-electron chi connectivity index (χ4n) is 3.73. The van der Waals surface area contributed by atoms with Crippen molar-refractivity contribution in [3.05, 3.63) is 64.4 Å². The zero-order valence-electron chi connectivity index (χ0n) is 16.5. The predicted molar refractivity (Wildman–Crippen MR) is 116 cm³/mol. The number of amides is 1. The van der Waals surface area contributed by atoms with Gasteiger partial charge in [-0.3, -0.25) is 4.79 Å². The molecule has 0 aliphatic carbocycles. The monoisotopic (exact) mass is 411 g/mol. The lowest BCUT2D eigenvalue weighted by atomic mass is 9.99. The number of hydrogen-bond acceptors (Lipinski definition) is 3. The first-order chi connectivity index (χ1) is 13.9. The SMILES string of the molecule is Cc1cc(N2CCC(C)CC2)nc2ccc(NC(=O)c3ccc(F)cc3Cl)cc12. The van der Waals surface area contributed by atoms with Crippen molar-refractivity contribution in [2.45, 2.75) is 26.7 Å². The molecule has 2 aromatic carbocycles. The van der Waals surface area contributed by atoms with Gasteiger partial charge in [0.15, 0.2) is 0 Å². The summed E-state index contributed by atoms with van der Waals surface area (Å²) >= 11 is 6.00. The van der Waals surface area contributed by atoms with Gasteiger partial charge in [-0.05, 0) is 73.7 Å². The van der Waals surface area contributed by atoms with Crippen molar-refractivity contribution in [2.24, 2.45) is 5.92 Å². The van der Waals surface area contributed by atoms with Crippen LogP contribution in [0.25, 0.3) is 10.9 Å². The number of aryl methyl sites for hydroxylation is 1. The van der Waals surface area contributed by atoms with Crippen molar-refractivity contribution in [1.29, 1.82) is 0 Å². The van der Waals surface area contributed by atoms with Crippen LogP contribution >= 0.6 is 11.6 Å². The number of anilines is 2. The van der Waals surface area contributed by atoms with Gasteiger partial charge in [0.2, 0.25) is 0 Å². The number of carbonyl (C=O) groups is 1. The molecule has 1 amide bonds. The average molecular weight is 412 g/mol. The van der Waals surface area contributed by atoms with E-state index in [0.717, 1.165) is 47.4 Å². The standard InChI is InChI=1S/C23H23ClFN3O/c1-14-7-9-28(10-8-14)22-11-15(2)19-13-17(4-6-21(19)27-22)26-23(29)18-5-3-16(25)12-20(18)24/h3-6,11-14H,7-10H2,1-2H3,(H,26,29). The van der Waals surface area contributed by atoms with Crippen LogP contribution in [0.1, 0.15) is 35.7 Å². The van der Waals surface area contributed by atoms with E-state index in [9.17, 15) is 9.18 Å². The van der Waals surface area contributed by atoms with Crippen molar-refractivity contribution in [2.75, 3.05) is 23.3 Å². The van der Waals surface area contributed by atoms with Crippen LogP contribution < -0.4 is 10.2 Å². The summed E-state index contributed by atoms with van der Waals surface area (Å²) in [4.78, 5) is 19.7. The highest BCUT2D eigenvalue weighted by Gasteiger charge is 2.18. The first-order valence-corrected chi connectivity index (χ1v) is 10.2. The fraction of sp³-hybridized carbons (Fsp3) is 0.304. The Morgan fingerprint density at radius 2 is 1.93 bits per heavy atom. The summed E-state index contributed by atoms with van der Waals surface area (Å²) in [6.07, 6.45) is 2.38. The number of fused-ring (bicyclic) bond motifs is 1. The second kappa shape index (κ2) is 7.99. The number of rotatable bonds is 3. The molecule has 150 valence electrons. The number of halogens is 2. The molecule has 1 aliphatic rings. The lowest BCUT2D eigenvalue weighted by Gasteiger charge is -2.31. The Hall–Kier alpha value is -2.66. The number of carbonyl (C=O) groups excluding carboxylic acids is 1. The molecule has 1 saturated heterocycles. The lowest BCUT2D eigenvalue weighted by molar-refractivity contribution is 0.102. The van der Waals surface area contributed by atoms with E-state index in [2.05, 4.69) is 30.1 Å². The average Bonchev–Trinajstić information content (AvgIpc) is 2.68. The number of hydrogen-bond donors (Lipinski definition) is 1. The number of aromatic nitrogens is 1. The van der Waals surface area contributed by atoms with Crippen molar-refractivity contribution in [3.8, 4) is 0 Å². The molecule has 0 radical (unpaired) electrons. The zero-order chi connectivity index (χ0) is 20.5. The molecule has 2 heterocycles. The molecular weight excluding hydrogens is 389 g/mol. The number of benzene rings is 2. The largest absolute Gasteiger partial charge is 0.357 e. The van der Waals surface area contributed by atoms with Gasteiger partial charge < -0.3 is 10.2 Å². The maximum Gasteiger partial charge on any atom is 0.257 e. The molecule has 0 spiro atoms. The summed E-state index contributed by atoms with van der Waals surface area (Å²) in [5.74, 6) is 0.933. The van der Waals surface area contributed by atoms with Crippen LogP contribution in [0, 0.1) is 18.7 Å². The van der Waals surface area contributed by atoms with E-state index in [0.29, 0.717) is 5.69 Å². The summed E-state index contributed by atoms with van der Waals surface area (Å²) < 4.78 is 13.2. The Kier molecular flexibility index (Phi) is 5.41. The minimum absolute atomic E-state index is 0.0848. The Balaban J connectivity index is 1.58. The number of piperidine rings is 1. The first kappa shape index (κ1) is 19.6. The van der Waals surface area contributed by atoms with Gasteiger partial charge in [-0.15, -0.1) is 0 Å². The minimum atomic E-state index is -0.474. The van der Waals surface area contributed by atoms with Gasteiger partial charge in [-0.25, -0.2) is 9.37 Å². The fourth-order valence-corrected chi connectivity index (χ4v) is 3.98. The van der Waals surface area contributed by atoms with E-state index in [-0.39, 0.29) is 16.5 Å². The van der Waals surface area contributed by atoms with E-state index in [1.165, 1.54) is 25.0 Å². The molecule has 6 heteroatoms. The van der Waals surface area contributed by atoms with Gasteiger partial charge in [-0.2, -0.15) is 0 Å². The van der Waals surface area contributed by atoms with Gasteiger partial charge in [-0.1, -0.05) is 18.5 Å². The summed E-state index contributed by atoms with van der Waals surface area (Å²) in [5, 5.41) is 3.91. The van der Waals surface area contributed by atoms with Gasteiger partial charge in [0, 0.05) is 24.2 Å². The molecule has 0 atom stereocenters. The van der Waals surface area contributed by atoms with Crippen LogP contribution in [0.2, 0.25) is 5.02 Å². The zero-order valence-corrected chi connectivity index (χ0v) is 17.3. The Bertz CT molecular complexity index is 1080. The molecule has 29 heavy (non-hydrogen) atoms. The third kappa shape index (κ3) is 4.20. The summed E-state index contributed by atoms with van der Waals surface area (Å²) in [7, 11) is 0. The van der Waals surface area contributed by atoms with Gasteiger partial charge in [0.05, 0.1) is 16.1 Å². The first-order valence-electron chi connectivity index (χ1n) is 9.83. The van der Waals surface area contributed by atoms with Crippen LogP contribution in [0.3, 0.4) is 0 Å². The van der Waals surface area contributed by atoms with E-state index < -0.39 is 5.82 Å². The molecule has 1 fully saturated rings. The Labute approximate surface area is 174 Å². The van der Waals surface area contributed by atoms with Crippen molar-refractivity contribution in [1.82, 2.24) is 4.98 Å². The molecule has 3 aromatic rings. The van der Waals surface area contributed by atoms with E-state index in [1.54, 1.807) is 0 Å². The van der Waals surface area contributed by atoms with Crippen molar-refractivity contribution in [3.63, 3.8) is 0 Å². The second-order valence-corrected chi connectivity index (χ2v) is 8.18. The molecule has 0 unspecified atom stereocenters. The topological polar surface area (TPSA) is 45.2 Å². The predicted octanol–water partition coefficient (Wildman–Crippen LogP) is 5.82. The highest BCUT2D eigenvalue weighted by atomic mass is 35.5. The van der Waals surface area contributed by atoms with Crippen LogP contribution in [0.15, 0.2) is 42.5 Å². The number of nitrogens with one attached hydrogen (secondary N) is 1. The number of nitrogens with zero attached hydrogens (tertiary/aromatic N) is 2. The van der Waals surface area contributed by atoms with Gasteiger partial charge in [0.1, 0.15) is 11.6 Å². The van der Waals surface area contributed by atoms with Crippen LogP contribution in [0.5, 0.6) is 0 Å². The Morgan fingerprint density at radius 1 is 1.17 bits per heavy atom. The van der Waals surface area contributed by atoms with Crippen LogP contribution in [-0.4, -0.2) is 24.0 Å². The third-order valence-corrected chi connectivity index (χ3v) is 5.86. The molecule has 1 aromatic heterocycles. The number of pyridine rings is 1. The maximum atomic E-state index is 13.2. The maximum absolute atomic E-state index is 13.2. The normalized spacial score (nSPS) is 15.0. The molecule has 1 aliphatic heterocycles. The summed E-state index contributed by atoms with van der Waals surface area (Å²) in [6.45, 7) is 6.42. The molecule has 4 nitrogen and oxygen atoms in total. The molecule has 0 saturated carbocycles. The quantitative estimate of drug-likeness (QED) is 0.590. The molecule has 0 bridgehead atoms. The van der Waals surface area contributed by atoms with Crippen LogP contribution in [0.4, 0.5) is 15.9 Å². The van der Waals surface area contributed by atoms with E-state index in [1.807, 2.05) is 18.2 Å². The Morgan fingerprint density at radius 3 is 2.66 bits per heavy atom. The lowest BCUT2D eigenvalue weighted by Crippen LogP contribution is -2.33. The van der Waals surface area contributed by atoms with Gasteiger partial charge in [0.25, 0.3) is 5.91 Å². The van der Waals surface area contributed by atoms with Crippen molar-refractivity contribution < 1.29 is 9.18 Å². The minimum Gasteiger partial charge on any atom is -0.357 e. The third-order valence-electron chi connectivity index (χ3n) is 5.54. The highest BCUT2D eigenvalue weighted by Crippen LogP contribution is 2.28. The van der Waals surface area contributed by atoms with E-state index >= 15 is 0 Å². The smallest absolute Gasteiger partial charge is 0.257 e. The second-order valence-electron chi connectivity index (χ2n) is 7.78. The molecule has 1 N–H and O–H groups in total.